The van der Waals surface area contributed by atoms with E-state index in [1.54, 1.807) is 70.4 Å². The fourth-order valence-corrected chi connectivity index (χ4v) is 5.00. The number of methoxy groups -OCH3 is 1. The van der Waals surface area contributed by atoms with Crippen LogP contribution in [0.5, 0.6) is 11.5 Å². The zero-order valence-electron chi connectivity index (χ0n) is 20.8. The van der Waals surface area contributed by atoms with Crippen LogP contribution < -0.4 is 24.4 Å². The minimum atomic E-state index is -1.08. The molecule has 0 fully saturated rings. The van der Waals surface area contributed by atoms with Crippen LogP contribution in [-0.2, 0) is 14.3 Å². The van der Waals surface area contributed by atoms with Crippen LogP contribution in [0.1, 0.15) is 37.9 Å². The molecular weight excluding hydrogens is 496 g/mol. The van der Waals surface area contributed by atoms with Crippen molar-refractivity contribution in [3.63, 3.8) is 0 Å². The van der Waals surface area contributed by atoms with Gasteiger partial charge in [0.1, 0.15) is 11.5 Å². The molecular formula is C27H26N2O7S. The van der Waals surface area contributed by atoms with Gasteiger partial charge in [-0.15, -0.1) is 0 Å². The van der Waals surface area contributed by atoms with Gasteiger partial charge in [0.25, 0.3) is 5.56 Å². The van der Waals surface area contributed by atoms with Gasteiger partial charge in [0.2, 0.25) is 0 Å². The fourth-order valence-electron chi connectivity index (χ4n) is 3.95. The first-order valence-corrected chi connectivity index (χ1v) is 12.3. The molecule has 0 saturated heterocycles. The molecule has 37 heavy (non-hydrogen) atoms. The molecule has 10 heteroatoms. The highest BCUT2D eigenvalue weighted by Gasteiger charge is 2.33. The molecule has 0 spiro atoms. The van der Waals surface area contributed by atoms with Gasteiger partial charge in [-0.05, 0) is 62.2 Å². The fraction of sp³-hybridized carbons (Fsp3) is 0.259. The van der Waals surface area contributed by atoms with Gasteiger partial charge in [-0.3, -0.25) is 9.36 Å². The highest BCUT2D eigenvalue weighted by molar-refractivity contribution is 7.07. The lowest BCUT2D eigenvalue weighted by molar-refractivity contribution is -0.143. The van der Waals surface area contributed by atoms with Crippen LogP contribution in [0, 0.1) is 0 Å². The first-order chi connectivity index (χ1) is 17.7. The number of ether oxygens (including phenoxy) is 3. The van der Waals surface area contributed by atoms with E-state index in [9.17, 15) is 14.4 Å². The normalized spacial score (nSPS) is 15.3. The van der Waals surface area contributed by atoms with Gasteiger partial charge in [0, 0.05) is 0 Å². The molecule has 1 N–H and O–H groups in total. The Morgan fingerprint density at radius 3 is 2.54 bits per heavy atom. The first-order valence-electron chi connectivity index (χ1n) is 11.5. The van der Waals surface area contributed by atoms with Gasteiger partial charge in [0.05, 0.1) is 35.1 Å². The third-order valence-electron chi connectivity index (χ3n) is 5.53. The second kappa shape index (κ2) is 10.8. The molecule has 1 aromatic heterocycles. The van der Waals surface area contributed by atoms with E-state index < -0.39 is 24.6 Å². The van der Waals surface area contributed by atoms with E-state index in [2.05, 4.69) is 4.99 Å². The topological polar surface area (TPSA) is 116 Å². The molecule has 3 aromatic rings. The lowest BCUT2D eigenvalue weighted by atomic mass is 9.96. The van der Waals surface area contributed by atoms with Crippen LogP contribution >= 0.6 is 11.3 Å². The van der Waals surface area contributed by atoms with Gasteiger partial charge in [-0.25, -0.2) is 14.6 Å². The Kier molecular flexibility index (Phi) is 7.58. The van der Waals surface area contributed by atoms with Crippen LogP contribution in [-0.4, -0.2) is 41.4 Å². The Hall–Kier alpha value is -4.18. The summed E-state index contributed by atoms with van der Waals surface area (Å²) in [7, 11) is 1.56. The highest BCUT2D eigenvalue weighted by atomic mass is 32.1. The van der Waals surface area contributed by atoms with Crippen molar-refractivity contribution in [2.45, 2.75) is 32.9 Å². The third kappa shape index (κ3) is 5.64. The summed E-state index contributed by atoms with van der Waals surface area (Å²) in [5, 5.41) is 8.86. The van der Waals surface area contributed by atoms with Gasteiger partial charge < -0.3 is 19.3 Å². The SMILES string of the molecule is COc1ccc([C@@H]2C(C(=O)OC(C)C)=C(C)N=c3s/c(=C\c4cccc(OCC(=O)O)c4)c(=O)n32)cc1. The maximum absolute atomic E-state index is 13.7. The number of allylic oxidation sites excluding steroid dienone is 1. The smallest absolute Gasteiger partial charge is 0.341 e. The van der Waals surface area contributed by atoms with Crippen LogP contribution in [0.2, 0.25) is 0 Å². The number of hydrogen-bond acceptors (Lipinski definition) is 8. The number of benzene rings is 2. The van der Waals surface area contributed by atoms with Crippen LogP contribution in [0.15, 0.2) is 69.6 Å². The summed E-state index contributed by atoms with van der Waals surface area (Å²) in [6.07, 6.45) is 1.35. The van der Waals surface area contributed by atoms with Crippen molar-refractivity contribution in [3.8, 4) is 11.5 Å². The summed E-state index contributed by atoms with van der Waals surface area (Å²) in [5.41, 5.74) is 1.82. The number of carboxylic acid groups (broad SMARTS) is 1. The molecule has 0 amide bonds. The van der Waals surface area contributed by atoms with E-state index in [-0.39, 0.29) is 11.7 Å². The summed E-state index contributed by atoms with van der Waals surface area (Å²) >= 11 is 1.20. The molecule has 0 aliphatic carbocycles. The van der Waals surface area contributed by atoms with Gasteiger partial charge in [-0.1, -0.05) is 35.6 Å². The second-order valence-electron chi connectivity index (χ2n) is 8.56. The second-order valence-corrected chi connectivity index (χ2v) is 9.57. The molecule has 2 heterocycles. The maximum atomic E-state index is 13.7. The first kappa shape index (κ1) is 25.9. The van der Waals surface area contributed by atoms with Crippen molar-refractivity contribution >= 4 is 29.4 Å². The number of hydrogen-bond donors (Lipinski definition) is 1. The number of aliphatic carboxylic acids is 1. The average molecular weight is 523 g/mol. The summed E-state index contributed by atoms with van der Waals surface area (Å²) in [6, 6.07) is 13.2. The van der Waals surface area contributed by atoms with E-state index in [0.29, 0.717) is 43.2 Å². The number of nitrogens with zero attached hydrogens (tertiary/aromatic N) is 2. The standard InChI is InChI=1S/C27H26N2O7S/c1-15(2)36-26(33)23-16(3)28-27-29(24(23)18-8-10-19(34-4)11-9-18)25(32)21(37-27)13-17-6-5-7-20(12-17)35-14-22(30)31/h5-13,15,24H,14H2,1-4H3,(H,30,31)/b21-13-/t24-/m1/s1. The van der Waals surface area contributed by atoms with Crippen LogP contribution in [0.25, 0.3) is 6.08 Å². The van der Waals surface area contributed by atoms with Gasteiger partial charge >= 0.3 is 11.9 Å². The van der Waals surface area contributed by atoms with E-state index in [1.807, 2.05) is 12.1 Å². The number of esters is 1. The van der Waals surface area contributed by atoms with Gasteiger partial charge in [0.15, 0.2) is 11.4 Å². The lowest BCUT2D eigenvalue weighted by Gasteiger charge is -2.25. The maximum Gasteiger partial charge on any atom is 0.341 e. The van der Waals surface area contributed by atoms with Crippen molar-refractivity contribution in [2.24, 2.45) is 4.99 Å². The number of carbonyl (C=O) groups excluding carboxylic acids is 1. The number of fused-ring (bicyclic) bond motifs is 1. The summed E-state index contributed by atoms with van der Waals surface area (Å²) in [5.74, 6) is -0.600. The van der Waals surface area contributed by atoms with E-state index in [0.717, 1.165) is 0 Å². The van der Waals surface area contributed by atoms with Crippen molar-refractivity contribution in [1.82, 2.24) is 4.57 Å². The summed E-state index contributed by atoms with van der Waals surface area (Å²) in [6.45, 7) is 4.79. The quantitative estimate of drug-likeness (QED) is 0.452. The average Bonchev–Trinajstić information content (AvgIpc) is 3.16. The Balaban J connectivity index is 1.85. The minimum Gasteiger partial charge on any atom is -0.497 e. The van der Waals surface area contributed by atoms with Crippen molar-refractivity contribution in [1.29, 1.82) is 0 Å². The predicted molar refractivity (Wildman–Crippen MR) is 138 cm³/mol. The minimum absolute atomic E-state index is 0.293. The van der Waals surface area contributed by atoms with Crippen LogP contribution in [0.3, 0.4) is 0 Å². The highest BCUT2D eigenvalue weighted by Crippen LogP contribution is 2.31. The number of rotatable bonds is 8. The van der Waals surface area contributed by atoms with E-state index in [4.69, 9.17) is 19.3 Å². The molecule has 2 aromatic carbocycles. The predicted octanol–water partition coefficient (Wildman–Crippen LogP) is 2.66. The third-order valence-corrected chi connectivity index (χ3v) is 6.52. The number of thiazole rings is 1. The molecule has 1 aliphatic rings. The van der Waals surface area contributed by atoms with E-state index in [1.165, 1.54) is 15.9 Å². The summed E-state index contributed by atoms with van der Waals surface area (Å²) < 4.78 is 17.9. The molecule has 9 nitrogen and oxygen atoms in total. The monoisotopic (exact) mass is 522 g/mol. The van der Waals surface area contributed by atoms with Crippen LogP contribution in [0.4, 0.5) is 0 Å². The summed E-state index contributed by atoms with van der Waals surface area (Å²) in [4.78, 5) is 42.7. The number of carbonyl (C=O) groups is 2. The molecule has 0 unspecified atom stereocenters. The zero-order chi connectivity index (χ0) is 26.7. The Morgan fingerprint density at radius 1 is 1.16 bits per heavy atom. The molecule has 192 valence electrons. The molecule has 0 radical (unpaired) electrons. The van der Waals surface area contributed by atoms with Gasteiger partial charge in [-0.2, -0.15) is 0 Å². The molecule has 4 rings (SSSR count). The van der Waals surface area contributed by atoms with Crippen molar-refractivity contribution in [3.05, 3.63) is 90.6 Å². The Labute approximate surface area is 216 Å². The zero-order valence-corrected chi connectivity index (χ0v) is 21.6. The Bertz CT molecular complexity index is 1550. The Morgan fingerprint density at radius 2 is 1.89 bits per heavy atom. The number of aromatic nitrogens is 1. The molecule has 1 aliphatic heterocycles. The molecule has 0 saturated carbocycles. The van der Waals surface area contributed by atoms with Crippen molar-refractivity contribution < 1.29 is 28.9 Å². The van der Waals surface area contributed by atoms with E-state index >= 15 is 0 Å². The lowest BCUT2D eigenvalue weighted by Crippen LogP contribution is -2.40. The molecule has 0 bridgehead atoms. The number of carboxylic acids is 1. The largest absolute Gasteiger partial charge is 0.497 e. The van der Waals surface area contributed by atoms with Crippen molar-refractivity contribution in [2.75, 3.05) is 13.7 Å². The molecule has 1 atom stereocenters.